The molecule has 19 heavy (non-hydrogen) atoms. The Hall–Kier alpha value is -2.20. The van der Waals surface area contributed by atoms with Crippen molar-refractivity contribution in [3.8, 4) is 11.3 Å². The predicted molar refractivity (Wildman–Crippen MR) is 73.4 cm³/mol. The molecule has 94 valence electrons. The highest BCUT2D eigenvalue weighted by molar-refractivity contribution is 6.34. The van der Waals surface area contributed by atoms with Crippen LogP contribution in [0.25, 0.3) is 16.8 Å². The van der Waals surface area contributed by atoms with E-state index in [1.54, 1.807) is 29.2 Å². The molecule has 0 amide bonds. The first kappa shape index (κ1) is 11.9. The van der Waals surface area contributed by atoms with Crippen LogP contribution < -0.4 is 0 Å². The molecule has 0 unspecified atom stereocenters. The van der Waals surface area contributed by atoms with Gasteiger partial charge in [0.15, 0.2) is 5.78 Å². The van der Waals surface area contributed by atoms with Crippen LogP contribution in [0.5, 0.6) is 0 Å². The minimum atomic E-state index is -0.0573. The van der Waals surface area contributed by atoms with E-state index in [2.05, 4.69) is 10.1 Å². The summed E-state index contributed by atoms with van der Waals surface area (Å²) >= 11 is 6.18. The third kappa shape index (κ3) is 1.90. The SMILES string of the molecule is CC(=O)c1cc(Cl)c2ccnn2c1-c1cccnc1. The number of carbonyl (C=O) groups excluding carboxylic acids is 1. The summed E-state index contributed by atoms with van der Waals surface area (Å²) in [7, 11) is 0. The molecule has 0 saturated heterocycles. The fourth-order valence-corrected chi connectivity index (χ4v) is 2.35. The number of ketones is 1. The molecule has 5 heteroatoms. The number of pyridine rings is 2. The van der Waals surface area contributed by atoms with Crippen LogP contribution in [0.1, 0.15) is 17.3 Å². The van der Waals surface area contributed by atoms with Crippen LogP contribution in [0.15, 0.2) is 42.9 Å². The fraction of sp³-hybridized carbons (Fsp3) is 0.0714. The molecule has 3 heterocycles. The summed E-state index contributed by atoms with van der Waals surface area (Å²) in [5.74, 6) is -0.0573. The maximum atomic E-state index is 11.8. The molecule has 0 atom stereocenters. The molecule has 0 aliphatic carbocycles. The topological polar surface area (TPSA) is 47.3 Å². The molecule has 0 bridgehead atoms. The summed E-state index contributed by atoms with van der Waals surface area (Å²) in [6, 6.07) is 7.21. The van der Waals surface area contributed by atoms with E-state index in [4.69, 9.17) is 11.6 Å². The van der Waals surface area contributed by atoms with E-state index in [-0.39, 0.29) is 5.78 Å². The molecule has 0 radical (unpaired) electrons. The van der Waals surface area contributed by atoms with Gasteiger partial charge >= 0.3 is 0 Å². The molecular formula is C14H10ClN3O. The Balaban J connectivity index is 2.44. The van der Waals surface area contributed by atoms with Gasteiger partial charge in [-0.1, -0.05) is 11.6 Å². The predicted octanol–water partition coefficient (Wildman–Crippen LogP) is 3.25. The number of carbonyl (C=O) groups is 1. The van der Waals surface area contributed by atoms with Crippen LogP contribution >= 0.6 is 11.6 Å². The molecule has 0 saturated carbocycles. The van der Waals surface area contributed by atoms with Gasteiger partial charge in [0, 0.05) is 23.5 Å². The Kier molecular flexibility index (Phi) is 2.80. The average Bonchev–Trinajstić information content (AvgIpc) is 2.89. The molecule has 0 aromatic carbocycles. The van der Waals surface area contributed by atoms with Gasteiger partial charge in [-0.25, -0.2) is 4.52 Å². The van der Waals surface area contributed by atoms with E-state index >= 15 is 0 Å². The molecule has 3 rings (SSSR count). The van der Waals surface area contributed by atoms with E-state index in [0.717, 1.165) is 11.1 Å². The summed E-state index contributed by atoms with van der Waals surface area (Å²) in [6.07, 6.45) is 5.05. The lowest BCUT2D eigenvalue weighted by atomic mass is 10.0. The smallest absolute Gasteiger partial charge is 0.162 e. The van der Waals surface area contributed by atoms with E-state index < -0.39 is 0 Å². The summed E-state index contributed by atoms with van der Waals surface area (Å²) in [5, 5.41) is 4.76. The largest absolute Gasteiger partial charge is 0.294 e. The van der Waals surface area contributed by atoms with E-state index in [9.17, 15) is 4.79 Å². The van der Waals surface area contributed by atoms with Gasteiger partial charge in [0.1, 0.15) is 0 Å². The summed E-state index contributed by atoms with van der Waals surface area (Å²) in [4.78, 5) is 15.9. The van der Waals surface area contributed by atoms with Crippen molar-refractivity contribution in [2.24, 2.45) is 0 Å². The van der Waals surface area contributed by atoms with Crippen LogP contribution in [0, 0.1) is 0 Å². The molecule has 0 aliphatic rings. The van der Waals surface area contributed by atoms with Gasteiger partial charge in [-0.05, 0) is 31.2 Å². The monoisotopic (exact) mass is 271 g/mol. The number of Topliss-reactive ketones (excluding diaryl/α,β-unsaturated/α-hetero) is 1. The lowest BCUT2D eigenvalue weighted by Crippen LogP contribution is -2.04. The summed E-state index contributed by atoms with van der Waals surface area (Å²) < 4.78 is 1.68. The second kappa shape index (κ2) is 4.48. The van der Waals surface area contributed by atoms with Gasteiger partial charge in [-0.3, -0.25) is 9.78 Å². The maximum Gasteiger partial charge on any atom is 0.162 e. The first-order chi connectivity index (χ1) is 9.18. The van der Waals surface area contributed by atoms with E-state index in [1.807, 2.05) is 18.2 Å². The van der Waals surface area contributed by atoms with Gasteiger partial charge in [-0.15, -0.1) is 0 Å². The number of halogens is 1. The zero-order valence-corrected chi connectivity index (χ0v) is 10.9. The van der Waals surface area contributed by atoms with Gasteiger partial charge in [0.25, 0.3) is 0 Å². The Morgan fingerprint density at radius 2 is 2.16 bits per heavy atom. The zero-order chi connectivity index (χ0) is 13.4. The summed E-state index contributed by atoms with van der Waals surface area (Å²) in [5.41, 5.74) is 2.85. The van der Waals surface area contributed by atoms with Crippen molar-refractivity contribution in [2.45, 2.75) is 6.92 Å². The number of nitrogens with zero attached hydrogens (tertiary/aromatic N) is 3. The number of hydrogen-bond donors (Lipinski definition) is 0. The van der Waals surface area contributed by atoms with Crippen molar-refractivity contribution >= 4 is 22.9 Å². The highest BCUT2D eigenvalue weighted by atomic mass is 35.5. The number of rotatable bonds is 2. The lowest BCUT2D eigenvalue weighted by molar-refractivity contribution is 0.101. The highest BCUT2D eigenvalue weighted by Crippen LogP contribution is 2.29. The van der Waals surface area contributed by atoms with Gasteiger partial charge < -0.3 is 0 Å². The molecular weight excluding hydrogens is 262 g/mol. The van der Waals surface area contributed by atoms with E-state index in [1.165, 1.54) is 6.92 Å². The minimum absolute atomic E-state index is 0.0573. The van der Waals surface area contributed by atoms with Crippen molar-refractivity contribution in [3.63, 3.8) is 0 Å². The Morgan fingerprint density at radius 1 is 1.32 bits per heavy atom. The zero-order valence-electron chi connectivity index (χ0n) is 10.2. The third-order valence-electron chi connectivity index (χ3n) is 2.94. The first-order valence-corrected chi connectivity index (χ1v) is 6.14. The first-order valence-electron chi connectivity index (χ1n) is 5.76. The number of fused-ring (bicyclic) bond motifs is 1. The van der Waals surface area contributed by atoms with Crippen molar-refractivity contribution < 1.29 is 4.79 Å². The molecule has 3 aromatic rings. The molecule has 0 fully saturated rings. The maximum absolute atomic E-state index is 11.8. The van der Waals surface area contributed by atoms with Crippen molar-refractivity contribution in [1.29, 1.82) is 0 Å². The minimum Gasteiger partial charge on any atom is -0.294 e. The quantitative estimate of drug-likeness (QED) is 0.672. The van der Waals surface area contributed by atoms with Gasteiger partial charge in [-0.2, -0.15) is 5.10 Å². The molecule has 0 aliphatic heterocycles. The Morgan fingerprint density at radius 3 is 2.84 bits per heavy atom. The van der Waals surface area contributed by atoms with Crippen molar-refractivity contribution in [1.82, 2.24) is 14.6 Å². The summed E-state index contributed by atoms with van der Waals surface area (Å²) in [6.45, 7) is 1.51. The molecule has 3 aromatic heterocycles. The van der Waals surface area contributed by atoms with Crippen LogP contribution in [0.3, 0.4) is 0 Å². The van der Waals surface area contributed by atoms with Crippen LogP contribution in [-0.2, 0) is 0 Å². The molecule has 0 spiro atoms. The number of hydrogen-bond acceptors (Lipinski definition) is 3. The van der Waals surface area contributed by atoms with Crippen molar-refractivity contribution in [3.05, 3.63) is 53.4 Å². The van der Waals surface area contributed by atoms with E-state index in [0.29, 0.717) is 16.3 Å². The highest BCUT2D eigenvalue weighted by Gasteiger charge is 2.16. The van der Waals surface area contributed by atoms with Crippen LogP contribution in [0.2, 0.25) is 5.02 Å². The van der Waals surface area contributed by atoms with Crippen LogP contribution in [-0.4, -0.2) is 20.4 Å². The molecule has 4 nitrogen and oxygen atoms in total. The fourth-order valence-electron chi connectivity index (χ4n) is 2.09. The number of aromatic nitrogens is 3. The van der Waals surface area contributed by atoms with Gasteiger partial charge in [0.2, 0.25) is 0 Å². The second-order valence-electron chi connectivity index (χ2n) is 4.18. The van der Waals surface area contributed by atoms with Crippen molar-refractivity contribution in [2.75, 3.05) is 0 Å². The average molecular weight is 272 g/mol. The third-order valence-corrected chi connectivity index (χ3v) is 3.24. The Labute approximate surface area is 114 Å². The standard InChI is InChI=1S/C14H10ClN3O/c1-9(19)11-7-12(15)13-4-6-17-18(13)14(11)10-3-2-5-16-8-10/h2-8H,1H3. The lowest BCUT2D eigenvalue weighted by Gasteiger charge is -2.11. The second-order valence-corrected chi connectivity index (χ2v) is 4.59. The Bertz CT molecular complexity index is 765. The molecule has 0 N–H and O–H groups in total. The van der Waals surface area contributed by atoms with Crippen LogP contribution in [0.4, 0.5) is 0 Å². The normalized spacial score (nSPS) is 10.8. The van der Waals surface area contributed by atoms with Gasteiger partial charge in [0.05, 0.1) is 22.4 Å².